The lowest BCUT2D eigenvalue weighted by Gasteiger charge is -2.21. The van der Waals surface area contributed by atoms with Crippen molar-refractivity contribution in [1.82, 2.24) is 14.7 Å². The summed E-state index contributed by atoms with van der Waals surface area (Å²) in [4.78, 5) is 24.2. The lowest BCUT2D eigenvalue weighted by atomic mass is 10.2. The number of aliphatic carboxylic acids is 1. The minimum Gasteiger partial charge on any atom is -0.480 e. The zero-order chi connectivity index (χ0) is 15.6. The molecule has 1 amide bonds. The van der Waals surface area contributed by atoms with Gasteiger partial charge in [-0.25, -0.2) is 18.4 Å². The third kappa shape index (κ3) is 3.58. The van der Waals surface area contributed by atoms with Gasteiger partial charge in [0.25, 0.3) is 0 Å². The Labute approximate surface area is 121 Å². The van der Waals surface area contributed by atoms with E-state index in [1.54, 1.807) is 0 Å². The maximum atomic E-state index is 12.0. The van der Waals surface area contributed by atoms with E-state index in [-0.39, 0.29) is 23.8 Å². The number of rotatable bonds is 5. The van der Waals surface area contributed by atoms with Crippen molar-refractivity contribution in [2.45, 2.75) is 36.7 Å². The van der Waals surface area contributed by atoms with Gasteiger partial charge in [0, 0.05) is 25.7 Å². The van der Waals surface area contributed by atoms with Crippen molar-refractivity contribution in [2.24, 2.45) is 5.14 Å². The first-order valence-corrected chi connectivity index (χ1v) is 7.91. The molecule has 1 aliphatic rings. The molecule has 116 valence electrons. The number of aromatic nitrogens is 2. The number of carboxylic acid groups (broad SMARTS) is 1. The van der Waals surface area contributed by atoms with Crippen LogP contribution in [0.25, 0.3) is 0 Å². The van der Waals surface area contributed by atoms with E-state index < -0.39 is 22.0 Å². The first-order chi connectivity index (χ1) is 9.79. The highest BCUT2D eigenvalue weighted by Crippen LogP contribution is 2.18. The normalized spacial score (nSPS) is 18.9. The summed E-state index contributed by atoms with van der Waals surface area (Å²) >= 11 is 0. The van der Waals surface area contributed by atoms with E-state index in [1.807, 2.05) is 0 Å². The molecule has 21 heavy (non-hydrogen) atoms. The second kappa shape index (κ2) is 5.82. The number of nitrogens with two attached hydrogens (primary N) is 1. The van der Waals surface area contributed by atoms with Gasteiger partial charge in [0.2, 0.25) is 15.9 Å². The number of hydrogen-bond donors (Lipinski definition) is 2. The second-order valence-electron chi connectivity index (χ2n) is 4.82. The summed E-state index contributed by atoms with van der Waals surface area (Å²) in [6.45, 7) is 0.592. The summed E-state index contributed by atoms with van der Waals surface area (Å²) in [6.07, 6.45) is 3.52. The van der Waals surface area contributed by atoms with Crippen molar-refractivity contribution in [2.75, 3.05) is 6.54 Å². The SMILES string of the molecule is NS(=O)(=O)c1cnn(CCC(=O)N2CCC[C@@H]2C(=O)O)c1. The number of sulfonamides is 1. The molecule has 1 saturated heterocycles. The summed E-state index contributed by atoms with van der Waals surface area (Å²) < 4.78 is 23.5. The molecule has 0 radical (unpaired) electrons. The number of hydrogen-bond acceptors (Lipinski definition) is 5. The highest BCUT2D eigenvalue weighted by atomic mass is 32.2. The number of carbonyl (C=O) groups excluding carboxylic acids is 1. The van der Waals surface area contributed by atoms with E-state index in [9.17, 15) is 18.0 Å². The molecule has 0 saturated carbocycles. The van der Waals surface area contributed by atoms with E-state index in [4.69, 9.17) is 10.2 Å². The van der Waals surface area contributed by atoms with Gasteiger partial charge < -0.3 is 10.0 Å². The lowest BCUT2D eigenvalue weighted by molar-refractivity contribution is -0.148. The first-order valence-electron chi connectivity index (χ1n) is 6.36. The van der Waals surface area contributed by atoms with Crippen LogP contribution < -0.4 is 5.14 Å². The summed E-state index contributed by atoms with van der Waals surface area (Å²) in [7, 11) is -3.81. The zero-order valence-electron chi connectivity index (χ0n) is 11.2. The fourth-order valence-electron chi connectivity index (χ4n) is 2.29. The smallest absolute Gasteiger partial charge is 0.326 e. The molecule has 1 aromatic heterocycles. The van der Waals surface area contributed by atoms with E-state index in [0.717, 1.165) is 6.20 Å². The van der Waals surface area contributed by atoms with Gasteiger partial charge in [-0.1, -0.05) is 0 Å². The van der Waals surface area contributed by atoms with Gasteiger partial charge in [-0.2, -0.15) is 5.10 Å². The third-order valence-corrected chi connectivity index (χ3v) is 4.22. The summed E-state index contributed by atoms with van der Waals surface area (Å²) in [6, 6.07) is -0.768. The summed E-state index contributed by atoms with van der Waals surface area (Å²) in [5.41, 5.74) is 0. The van der Waals surface area contributed by atoms with Crippen LogP contribution in [0.4, 0.5) is 0 Å². The number of carbonyl (C=O) groups is 2. The minimum atomic E-state index is -3.81. The summed E-state index contributed by atoms with van der Waals surface area (Å²) in [5, 5.41) is 17.8. The van der Waals surface area contributed by atoms with Gasteiger partial charge in [0.1, 0.15) is 10.9 Å². The van der Waals surface area contributed by atoms with Gasteiger partial charge in [-0.05, 0) is 12.8 Å². The highest BCUT2D eigenvalue weighted by molar-refractivity contribution is 7.89. The Kier molecular flexibility index (Phi) is 4.28. The van der Waals surface area contributed by atoms with Crippen LogP contribution >= 0.6 is 0 Å². The van der Waals surface area contributed by atoms with E-state index in [1.165, 1.54) is 15.8 Å². The van der Waals surface area contributed by atoms with Crippen molar-refractivity contribution in [3.8, 4) is 0 Å². The van der Waals surface area contributed by atoms with Gasteiger partial charge in [0.15, 0.2) is 0 Å². The number of aryl methyl sites for hydroxylation is 1. The fraction of sp³-hybridized carbons (Fsp3) is 0.545. The molecule has 10 heteroatoms. The maximum absolute atomic E-state index is 12.0. The van der Waals surface area contributed by atoms with Crippen LogP contribution in [0.15, 0.2) is 17.3 Å². The molecule has 9 nitrogen and oxygen atoms in total. The Hall–Kier alpha value is -1.94. The van der Waals surface area contributed by atoms with Crippen LogP contribution in [0, 0.1) is 0 Å². The Balaban J connectivity index is 1.95. The Morgan fingerprint density at radius 1 is 1.48 bits per heavy atom. The third-order valence-electron chi connectivity index (χ3n) is 3.35. The molecule has 1 fully saturated rings. The number of carboxylic acids is 1. The first kappa shape index (κ1) is 15.4. The summed E-state index contributed by atoms with van der Waals surface area (Å²) in [5.74, 6) is -1.29. The Morgan fingerprint density at radius 3 is 2.76 bits per heavy atom. The average molecular weight is 316 g/mol. The number of likely N-dealkylation sites (tertiary alicyclic amines) is 1. The Morgan fingerprint density at radius 2 is 2.19 bits per heavy atom. The van der Waals surface area contributed by atoms with Crippen LogP contribution in [0.1, 0.15) is 19.3 Å². The highest BCUT2D eigenvalue weighted by Gasteiger charge is 2.33. The molecular formula is C11H16N4O5S. The van der Waals surface area contributed by atoms with E-state index in [0.29, 0.717) is 19.4 Å². The predicted octanol–water partition coefficient (Wildman–Crippen LogP) is -1.00. The monoisotopic (exact) mass is 316 g/mol. The molecule has 0 aromatic carbocycles. The van der Waals surface area contributed by atoms with Crippen LogP contribution in [-0.2, 0) is 26.2 Å². The van der Waals surface area contributed by atoms with Crippen molar-refractivity contribution in [1.29, 1.82) is 0 Å². The van der Waals surface area contributed by atoms with Crippen molar-refractivity contribution in [3.05, 3.63) is 12.4 Å². The molecule has 0 unspecified atom stereocenters. The van der Waals surface area contributed by atoms with Crippen molar-refractivity contribution in [3.63, 3.8) is 0 Å². The Bertz CT molecular complexity index is 653. The average Bonchev–Trinajstić information content (AvgIpc) is 3.04. The zero-order valence-corrected chi connectivity index (χ0v) is 12.0. The standard InChI is InChI=1S/C11H16N4O5S/c12-21(19,20)8-6-13-14(7-8)5-3-10(16)15-4-1-2-9(15)11(17)18/h6-7,9H,1-5H2,(H,17,18)(H2,12,19,20)/t9-/m1/s1. The minimum absolute atomic E-state index is 0.0511. The van der Waals surface area contributed by atoms with E-state index >= 15 is 0 Å². The quantitative estimate of drug-likeness (QED) is 0.715. The lowest BCUT2D eigenvalue weighted by Crippen LogP contribution is -2.40. The molecule has 0 aliphatic carbocycles. The number of nitrogens with zero attached hydrogens (tertiary/aromatic N) is 3. The fourth-order valence-corrected chi connectivity index (χ4v) is 2.75. The molecule has 1 aromatic rings. The molecule has 1 aliphatic heterocycles. The molecule has 2 heterocycles. The van der Waals surface area contributed by atoms with Crippen molar-refractivity contribution < 1.29 is 23.1 Å². The second-order valence-corrected chi connectivity index (χ2v) is 6.38. The van der Waals surface area contributed by atoms with Gasteiger partial charge in [-0.3, -0.25) is 9.48 Å². The molecular weight excluding hydrogens is 300 g/mol. The molecule has 2 rings (SSSR count). The maximum Gasteiger partial charge on any atom is 0.326 e. The van der Waals surface area contributed by atoms with Crippen LogP contribution in [0.3, 0.4) is 0 Å². The van der Waals surface area contributed by atoms with Gasteiger partial charge in [0.05, 0.1) is 6.20 Å². The van der Waals surface area contributed by atoms with Crippen LogP contribution in [0.5, 0.6) is 0 Å². The van der Waals surface area contributed by atoms with Crippen LogP contribution in [0.2, 0.25) is 0 Å². The topological polar surface area (TPSA) is 136 Å². The van der Waals surface area contributed by atoms with Crippen molar-refractivity contribution >= 4 is 21.9 Å². The van der Waals surface area contributed by atoms with Crippen LogP contribution in [-0.4, -0.2) is 52.7 Å². The predicted molar refractivity (Wildman–Crippen MR) is 70.6 cm³/mol. The molecule has 0 spiro atoms. The number of primary sulfonamides is 1. The molecule has 3 N–H and O–H groups in total. The number of amides is 1. The largest absolute Gasteiger partial charge is 0.480 e. The van der Waals surface area contributed by atoms with Gasteiger partial charge >= 0.3 is 5.97 Å². The molecule has 0 bridgehead atoms. The van der Waals surface area contributed by atoms with E-state index in [2.05, 4.69) is 5.10 Å². The molecule has 1 atom stereocenters. The van der Waals surface area contributed by atoms with Gasteiger partial charge in [-0.15, -0.1) is 0 Å².